The molecule has 1 aliphatic heterocycles. The van der Waals surface area contributed by atoms with Crippen molar-refractivity contribution in [2.45, 2.75) is 32.7 Å². The second-order valence-corrected chi connectivity index (χ2v) is 6.24. The zero-order valence-electron chi connectivity index (χ0n) is 12.4. The van der Waals surface area contributed by atoms with Crippen molar-refractivity contribution in [3.63, 3.8) is 0 Å². The predicted octanol–water partition coefficient (Wildman–Crippen LogP) is 4.13. The Labute approximate surface area is 130 Å². The molecule has 0 spiro atoms. The van der Waals surface area contributed by atoms with E-state index < -0.39 is 0 Å². The molecule has 21 heavy (non-hydrogen) atoms. The van der Waals surface area contributed by atoms with Crippen LogP contribution in [0.15, 0.2) is 30.3 Å². The van der Waals surface area contributed by atoms with E-state index in [0.29, 0.717) is 0 Å². The summed E-state index contributed by atoms with van der Waals surface area (Å²) in [7, 11) is 0. The molecule has 1 unspecified atom stereocenters. The summed E-state index contributed by atoms with van der Waals surface area (Å²) in [5.74, 6) is 0.985. The molecule has 2 nitrogen and oxygen atoms in total. The van der Waals surface area contributed by atoms with Gasteiger partial charge in [0.25, 0.3) is 0 Å². The molecular weight excluding hydrogens is 282 g/mol. The highest BCUT2D eigenvalue weighted by atomic mass is 35.5. The summed E-state index contributed by atoms with van der Waals surface area (Å²) in [6.45, 7) is 4.97. The number of rotatable bonds is 3. The fraction of sp³-hybridized carbons (Fsp3) is 0.333. The topological polar surface area (TPSA) is 35.2 Å². The first-order chi connectivity index (χ1) is 10.0. The minimum atomic E-state index is -0.0453. The molecule has 2 aromatic rings. The van der Waals surface area contributed by atoms with Crippen molar-refractivity contribution in [3.05, 3.63) is 63.2 Å². The Kier molecular flexibility index (Phi) is 3.92. The van der Waals surface area contributed by atoms with Gasteiger partial charge in [0, 0.05) is 17.5 Å². The molecule has 0 bridgehead atoms. The van der Waals surface area contributed by atoms with Crippen LogP contribution in [0.25, 0.3) is 0 Å². The van der Waals surface area contributed by atoms with Gasteiger partial charge in [-0.15, -0.1) is 0 Å². The molecule has 1 heterocycles. The van der Waals surface area contributed by atoms with Gasteiger partial charge >= 0.3 is 0 Å². The Bertz CT molecular complexity index is 681. The summed E-state index contributed by atoms with van der Waals surface area (Å²) in [6, 6.07) is 10.3. The minimum absolute atomic E-state index is 0.0453. The summed E-state index contributed by atoms with van der Waals surface area (Å²) >= 11 is 6.21. The largest absolute Gasteiger partial charge is 0.493 e. The van der Waals surface area contributed by atoms with Crippen LogP contribution >= 0.6 is 11.6 Å². The molecule has 2 N–H and O–H groups in total. The third kappa shape index (κ3) is 2.92. The molecule has 0 aliphatic carbocycles. The fourth-order valence-corrected chi connectivity index (χ4v) is 3.11. The molecule has 1 atom stereocenters. The molecule has 0 radical (unpaired) electrons. The molecule has 0 saturated carbocycles. The lowest BCUT2D eigenvalue weighted by Gasteiger charge is -2.16. The van der Waals surface area contributed by atoms with Gasteiger partial charge in [-0.1, -0.05) is 29.8 Å². The van der Waals surface area contributed by atoms with Crippen LogP contribution < -0.4 is 10.5 Å². The maximum Gasteiger partial charge on any atom is 0.125 e. The van der Waals surface area contributed by atoms with E-state index in [1.165, 1.54) is 16.7 Å². The molecule has 0 aromatic heterocycles. The van der Waals surface area contributed by atoms with E-state index in [9.17, 15) is 0 Å². The van der Waals surface area contributed by atoms with E-state index in [0.717, 1.165) is 41.3 Å². The number of hydrogen-bond donors (Lipinski definition) is 1. The molecule has 0 saturated heterocycles. The minimum Gasteiger partial charge on any atom is -0.493 e. The summed E-state index contributed by atoms with van der Waals surface area (Å²) in [4.78, 5) is 0. The molecule has 0 fully saturated rings. The third-order valence-electron chi connectivity index (χ3n) is 4.22. The molecule has 110 valence electrons. The van der Waals surface area contributed by atoms with E-state index in [1.54, 1.807) is 0 Å². The SMILES string of the molecule is Cc1ccc(C(N)Cc2cc(Cl)cc3c2OCC3)cc1C. The van der Waals surface area contributed by atoms with Crippen molar-refractivity contribution in [2.24, 2.45) is 5.73 Å². The Morgan fingerprint density at radius 2 is 2.00 bits per heavy atom. The molecular formula is C18H20ClNO. The maximum atomic E-state index is 6.39. The normalized spacial score (nSPS) is 14.7. The lowest BCUT2D eigenvalue weighted by molar-refractivity contribution is 0.352. The number of aryl methyl sites for hydroxylation is 2. The number of nitrogens with two attached hydrogens (primary N) is 1. The lowest BCUT2D eigenvalue weighted by Crippen LogP contribution is -2.14. The van der Waals surface area contributed by atoms with Gasteiger partial charge in [0.05, 0.1) is 6.61 Å². The van der Waals surface area contributed by atoms with Crippen LogP contribution in [0, 0.1) is 13.8 Å². The molecule has 3 rings (SSSR count). The quantitative estimate of drug-likeness (QED) is 0.925. The zero-order chi connectivity index (χ0) is 15.0. The van der Waals surface area contributed by atoms with Crippen molar-refractivity contribution < 1.29 is 4.74 Å². The second kappa shape index (κ2) is 5.70. The first-order valence-corrected chi connectivity index (χ1v) is 7.69. The van der Waals surface area contributed by atoms with E-state index in [4.69, 9.17) is 22.1 Å². The number of fused-ring (bicyclic) bond motifs is 1. The first kappa shape index (κ1) is 14.4. The van der Waals surface area contributed by atoms with Gasteiger partial charge in [-0.05, 0) is 60.2 Å². The summed E-state index contributed by atoms with van der Waals surface area (Å²) in [6.07, 6.45) is 1.67. The number of ether oxygens (including phenoxy) is 1. The number of benzene rings is 2. The zero-order valence-corrected chi connectivity index (χ0v) is 13.2. The number of hydrogen-bond acceptors (Lipinski definition) is 2. The Morgan fingerprint density at radius 3 is 2.76 bits per heavy atom. The van der Waals surface area contributed by atoms with Crippen LogP contribution in [0.4, 0.5) is 0 Å². The monoisotopic (exact) mass is 301 g/mol. The summed E-state index contributed by atoms with van der Waals surface area (Å²) < 4.78 is 5.75. The molecule has 2 aromatic carbocycles. The first-order valence-electron chi connectivity index (χ1n) is 7.31. The van der Waals surface area contributed by atoms with Gasteiger partial charge in [0.15, 0.2) is 0 Å². The molecule has 1 aliphatic rings. The predicted molar refractivity (Wildman–Crippen MR) is 87.2 cm³/mol. The van der Waals surface area contributed by atoms with Crippen molar-refractivity contribution in [3.8, 4) is 5.75 Å². The maximum absolute atomic E-state index is 6.39. The third-order valence-corrected chi connectivity index (χ3v) is 4.44. The summed E-state index contributed by atoms with van der Waals surface area (Å²) in [5.41, 5.74) is 12.4. The van der Waals surface area contributed by atoms with Gasteiger partial charge in [-0.25, -0.2) is 0 Å². The van der Waals surface area contributed by atoms with Gasteiger partial charge in [0.2, 0.25) is 0 Å². The van der Waals surface area contributed by atoms with E-state index in [1.807, 2.05) is 12.1 Å². The van der Waals surface area contributed by atoms with Gasteiger partial charge in [0.1, 0.15) is 5.75 Å². The van der Waals surface area contributed by atoms with Gasteiger partial charge in [-0.3, -0.25) is 0 Å². The highest BCUT2D eigenvalue weighted by molar-refractivity contribution is 6.30. The van der Waals surface area contributed by atoms with Crippen LogP contribution in [-0.4, -0.2) is 6.61 Å². The van der Waals surface area contributed by atoms with Gasteiger partial charge < -0.3 is 10.5 Å². The average Bonchev–Trinajstić information content (AvgIpc) is 2.90. The second-order valence-electron chi connectivity index (χ2n) is 5.81. The molecule has 0 amide bonds. The van der Waals surface area contributed by atoms with Gasteiger partial charge in [-0.2, -0.15) is 0 Å². The lowest BCUT2D eigenvalue weighted by atomic mass is 9.95. The van der Waals surface area contributed by atoms with E-state index >= 15 is 0 Å². The van der Waals surface area contributed by atoms with Crippen molar-refractivity contribution >= 4 is 11.6 Å². The van der Waals surface area contributed by atoms with Crippen molar-refractivity contribution in [1.29, 1.82) is 0 Å². The highest BCUT2D eigenvalue weighted by Gasteiger charge is 2.19. The Morgan fingerprint density at radius 1 is 1.19 bits per heavy atom. The van der Waals surface area contributed by atoms with Crippen molar-refractivity contribution in [1.82, 2.24) is 0 Å². The molecule has 3 heteroatoms. The average molecular weight is 302 g/mol. The van der Waals surface area contributed by atoms with Crippen LogP contribution in [0.2, 0.25) is 5.02 Å². The Balaban J connectivity index is 1.88. The van der Waals surface area contributed by atoms with Crippen LogP contribution in [0.5, 0.6) is 5.75 Å². The van der Waals surface area contributed by atoms with Crippen LogP contribution in [0.1, 0.15) is 33.9 Å². The Hall–Kier alpha value is -1.51. The van der Waals surface area contributed by atoms with Crippen LogP contribution in [-0.2, 0) is 12.8 Å². The number of halogens is 1. The van der Waals surface area contributed by atoms with E-state index in [-0.39, 0.29) is 6.04 Å². The fourth-order valence-electron chi connectivity index (χ4n) is 2.85. The highest BCUT2D eigenvalue weighted by Crippen LogP contribution is 2.35. The van der Waals surface area contributed by atoms with Crippen LogP contribution in [0.3, 0.4) is 0 Å². The smallest absolute Gasteiger partial charge is 0.125 e. The van der Waals surface area contributed by atoms with E-state index in [2.05, 4.69) is 32.0 Å². The standard InChI is InChI=1S/C18H20ClNO/c1-11-3-4-13(7-12(11)2)17(20)10-15-9-16(19)8-14-5-6-21-18(14)15/h3-4,7-9,17H,5-6,10,20H2,1-2H3. The van der Waals surface area contributed by atoms with Crippen molar-refractivity contribution in [2.75, 3.05) is 6.61 Å². The summed E-state index contributed by atoms with van der Waals surface area (Å²) in [5, 5.41) is 0.765.